The van der Waals surface area contributed by atoms with E-state index in [-0.39, 0.29) is 0 Å². The fraction of sp³-hybridized carbons (Fsp3) is 0.684. The first-order valence-electron chi connectivity index (χ1n) is 8.18. The Hall–Kier alpha value is -0.820. The number of nitrogens with one attached hydrogen (secondary N) is 1. The van der Waals surface area contributed by atoms with Gasteiger partial charge in [0, 0.05) is 6.54 Å². The summed E-state index contributed by atoms with van der Waals surface area (Å²) in [5.41, 5.74) is 1.87. The Morgan fingerprint density at radius 1 is 1.05 bits per heavy atom. The van der Waals surface area contributed by atoms with Gasteiger partial charge in [-0.1, -0.05) is 65.0 Å². The molecular weight excluding hydrogens is 242 g/mol. The number of hydrogen-bond acceptors (Lipinski definition) is 1. The molecule has 0 radical (unpaired) electrons. The van der Waals surface area contributed by atoms with E-state index < -0.39 is 0 Å². The predicted molar refractivity (Wildman–Crippen MR) is 90.0 cm³/mol. The van der Waals surface area contributed by atoms with Gasteiger partial charge in [0.15, 0.2) is 0 Å². The summed E-state index contributed by atoms with van der Waals surface area (Å²) in [5.74, 6) is 1.45. The summed E-state index contributed by atoms with van der Waals surface area (Å²) in [5, 5.41) is 3.66. The second kappa shape index (κ2) is 8.46. The van der Waals surface area contributed by atoms with Crippen molar-refractivity contribution in [2.24, 2.45) is 17.3 Å². The van der Waals surface area contributed by atoms with E-state index >= 15 is 0 Å². The molecule has 0 heterocycles. The van der Waals surface area contributed by atoms with Crippen molar-refractivity contribution in [2.75, 3.05) is 13.1 Å². The first kappa shape index (κ1) is 17.2. The molecule has 1 N–H and O–H groups in total. The van der Waals surface area contributed by atoms with Crippen LogP contribution >= 0.6 is 0 Å². The smallest absolute Gasteiger partial charge is 0.000772 e. The lowest BCUT2D eigenvalue weighted by Gasteiger charge is -2.34. The summed E-state index contributed by atoms with van der Waals surface area (Å²) in [7, 11) is 0. The standard InChI is InChI=1S/C19H33N/c1-16(2)14-20-15-19(5,17(3)4)13-9-12-18-10-7-6-8-11-18/h6-8,10-11,16-17,20H,9,12-15H2,1-5H3. The van der Waals surface area contributed by atoms with Crippen molar-refractivity contribution >= 4 is 0 Å². The van der Waals surface area contributed by atoms with E-state index in [1.54, 1.807) is 0 Å². The average Bonchev–Trinajstić information content (AvgIpc) is 2.39. The Balaban J connectivity index is 2.41. The number of aryl methyl sites for hydroxylation is 1. The van der Waals surface area contributed by atoms with Crippen molar-refractivity contribution < 1.29 is 0 Å². The van der Waals surface area contributed by atoms with Gasteiger partial charge in [-0.25, -0.2) is 0 Å². The van der Waals surface area contributed by atoms with Crippen LogP contribution < -0.4 is 5.32 Å². The highest BCUT2D eigenvalue weighted by atomic mass is 14.9. The lowest BCUT2D eigenvalue weighted by molar-refractivity contribution is 0.185. The Bertz CT molecular complexity index is 355. The maximum absolute atomic E-state index is 3.66. The minimum absolute atomic E-state index is 0.406. The van der Waals surface area contributed by atoms with Gasteiger partial charge in [0.2, 0.25) is 0 Å². The van der Waals surface area contributed by atoms with Crippen LogP contribution in [0.3, 0.4) is 0 Å². The zero-order valence-electron chi connectivity index (χ0n) is 14.1. The number of rotatable bonds is 9. The first-order chi connectivity index (χ1) is 9.44. The first-order valence-corrected chi connectivity index (χ1v) is 8.18. The van der Waals surface area contributed by atoms with Crippen LogP contribution in [-0.4, -0.2) is 13.1 Å². The van der Waals surface area contributed by atoms with Gasteiger partial charge in [-0.05, 0) is 48.6 Å². The van der Waals surface area contributed by atoms with Crippen molar-refractivity contribution in [3.8, 4) is 0 Å². The number of benzene rings is 1. The van der Waals surface area contributed by atoms with E-state index in [4.69, 9.17) is 0 Å². The van der Waals surface area contributed by atoms with E-state index in [9.17, 15) is 0 Å². The maximum Gasteiger partial charge on any atom is 0.000772 e. The van der Waals surface area contributed by atoms with Crippen molar-refractivity contribution in [2.45, 2.75) is 53.9 Å². The van der Waals surface area contributed by atoms with Crippen LogP contribution in [0, 0.1) is 17.3 Å². The number of hydrogen-bond donors (Lipinski definition) is 1. The molecule has 0 aliphatic rings. The van der Waals surface area contributed by atoms with Crippen molar-refractivity contribution in [3.63, 3.8) is 0 Å². The monoisotopic (exact) mass is 275 g/mol. The SMILES string of the molecule is CC(C)CNCC(C)(CCCc1ccccc1)C(C)C. The van der Waals surface area contributed by atoms with Gasteiger partial charge in [0.25, 0.3) is 0 Å². The summed E-state index contributed by atoms with van der Waals surface area (Å²) in [6.07, 6.45) is 3.78. The fourth-order valence-electron chi connectivity index (χ4n) is 2.57. The second-order valence-corrected chi connectivity index (χ2v) is 7.17. The van der Waals surface area contributed by atoms with Crippen LogP contribution in [0.5, 0.6) is 0 Å². The molecule has 0 aliphatic heterocycles. The van der Waals surface area contributed by atoms with Crippen LogP contribution in [0.2, 0.25) is 0 Å². The largest absolute Gasteiger partial charge is 0.316 e. The molecule has 0 aliphatic carbocycles. The molecule has 1 heteroatoms. The summed E-state index contributed by atoms with van der Waals surface area (Å²) in [6.45, 7) is 14.0. The highest BCUT2D eigenvalue weighted by Gasteiger charge is 2.27. The average molecular weight is 275 g/mol. The molecule has 114 valence electrons. The Kier molecular flexibility index (Phi) is 7.29. The Morgan fingerprint density at radius 3 is 2.25 bits per heavy atom. The summed E-state index contributed by atoms with van der Waals surface area (Å²) >= 11 is 0. The predicted octanol–water partition coefficient (Wildman–Crippen LogP) is 4.92. The molecule has 1 nitrogen and oxygen atoms in total. The highest BCUT2D eigenvalue weighted by molar-refractivity contribution is 5.14. The molecule has 0 spiro atoms. The zero-order chi connectivity index (χ0) is 15.0. The van der Waals surface area contributed by atoms with E-state index in [0.717, 1.165) is 24.9 Å². The Labute approximate surface area is 126 Å². The molecule has 1 rings (SSSR count). The van der Waals surface area contributed by atoms with Gasteiger partial charge in [-0.15, -0.1) is 0 Å². The van der Waals surface area contributed by atoms with Gasteiger partial charge < -0.3 is 5.32 Å². The molecule has 1 aromatic rings. The van der Waals surface area contributed by atoms with Crippen molar-refractivity contribution in [3.05, 3.63) is 35.9 Å². The third-order valence-corrected chi connectivity index (χ3v) is 4.53. The molecule has 0 aromatic heterocycles. The maximum atomic E-state index is 3.66. The molecule has 1 atom stereocenters. The second-order valence-electron chi connectivity index (χ2n) is 7.17. The molecular formula is C19H33N. The van der Waals surface area contributed by atoms with Gasteiger partial charge in [0.1, 0.15) is 0 Å². The Morgan fingerprint density at radius 2 is 1.70 bits per heavy atom. The van der Waals surface area contributed by atoms with Crippen LogP contribution in [0.25, 0.3) is 0 Å². The minimum atomic E-state index is 0.406. The van der Waals surface area contributed by atoms with Gasteiger partial charge in [-0.3, -0.25) is 0 Å². The molecule has 0 saturated carbocycles. The molecule has 1 unspecified atom stereocenters. The van der Waals surface area contributed by atoms with E-state index in [0.29, 0.717) is 5.41 Å². The van der Waals surface area contributed by atoms with Gasteiger partial charge in [-0.2, -0.15) is 0 Å². The highest BCUT2D eigenvalue weighted by Crippen LogP contribution is 2.32. The lowest BCUT2D eigenvalue weighted by atomic mass is 9.75. The van der Waals surface area contributed by atoms with Crippen molar-refractivity contribution in [1.29, 1.82) is 0 Å². The third-order valence-electron chi connectivity index (χ3n) is 4.53. The summed E-state index contributed by atoms with van der Waals surface area (Å²) < 4.78 is 0. The zero-order valence-corrected chi connectivity index (χ0v) is 14.1. The summed E-state index contributed by atoms with van der Waals surface area (Å²) in [4.78, 5) is 0. The topological polar surface area (TPSA) is 12.0 Å². The molecule has 0 amide bonds. The van der Waals surface area contributed by atoms with E-state index in [1.807, 2.05) is 0 Å². The molecule has 20 heavy (non-hydrogen) atoms. The summed E-state index contributed by atoms with van der Waals surface area (Å²) in [6, 6.07) is 10.9. The van der Waals surface area contributed by atoms with Crippen LogP contribution in [0.4, 0.5) is 0 Å². The lowest BCUT2D eigenvalue weighted by Crippen LogP contribution is -2.37. The third kappa shape index (κ3) is 6.09. The van der Waals surface area contributed by atoms with Gasteiger partial charge in [0.05, 0.1) is 0 Å². The minimum Gasteiger partial charge on any atom is -0.316 e. The van der Waals surface area contributed by atoms with Crippen molar-refractivity contribution in [1.82, 2.24) is 5.32 Å². The van der Waals surface area contributed by atoms with Crippen LogP contribution in [0.15, 0.2) is 30.3 Å². The van der Waals surface area contributed by atoms with E-state index in [2.05, 4.69) is 70.3 Å². The normalized spacial score (nSPS) is 14.8. The fourth-order valence-corrected chi connectivity index (χ4v) is 2.57. The van der Waals surface area contributed by atoms with Crippen LogP contribution in [-0.2, 0) is 6.42 Å². The molecule has 0 bridgehead atoms. The van der Waals surface area contributed by atoms with Gasteiger partial charge >= 0.3 is 0 Å². The van der Waals surface area contributed by atoms with E-state index in [1.165, 1.54) is 24.8 Å². The molecule has 0 saturated heterocycles. The molecule has 1 aromatic carbocycles. The van der Waals surface area contributed by atoms with Crippen LogP contribution in [0.1, 0.15) is 53.0 Å². The quantitative estimate of drug-likeness (QED) is 0.674. The molecule has 0 fully saturated rings.